The number of hydrogen-bond donors (Lipinski definition) is 0. The zero-order valence-electron chi connectivity index (χ0n) is 13.6. The summed E-state index contributed by atoms with van der Waals surface area (Å²) in [5.41, 5.74) is 2.14. The molecule has 2 rings (SSSR count). The molecule has 0 amide bonds. The molecular weight excluding hydrogens is 270 g/mol. The lowest BCUT2D eigenvalue weighted by Crippen LogP contribution is -2.17. The molecule has 0 atom stereocenters. The molecule has 0 bridgehead atoms. The van der Waals surface area contributed by atoms with Gasteiger partial charge in [-0.25, -0.2) is 0 Å². The van der Waals surface area contributed by atoms with E-state index in [0.717, 1.165) is 18.6 Å². The van der Waals surface area contributed by atoms with Crippen LogP contribution in [-0.4, -0.2) is 6.61 Å². The first kappa shape index (κ1) is 16.6. The van der Waals surface area contributed by atoms with Crippen LogP contribution >= 0.6 is 0 Å². The van der Waals surface area contributed by atoms with Gasteiger partial charge in [0.15, 0.2) is 0 Å². The van der Waals surface area contributed by atoms with Crippen LogP contribution in [0.5, 0.6) is 0 Å². The summed E-state index contributed by atoms with van der Waals surface area (Å²) in [5, 5.41) is 8.85. The highest BCUT2D eigenvalue weighted by molar-refractivity contribution is 5.33. The van der Waals surface area contributed by atoms with Crippen molar-refractivity contribution in [3.63, 3.8) is 0 Å². The Morgan fingerprint density at radius 1 is 1.18 bits per heavy atom. The molecule has 0 heterocycles. The fourth-order valence-electron chi connectivity index (χ4n) is 3.14. The topological polar surface area (TPSA) is 33.0 Å². The monoisotopic (exact) mass is 297 g/mol. The van der Waals surface area contributed by atoms with E-state index in [1.54, 1.807) is 0 Å². The maximum absolute atomic E-state index is 8.85. The van der Waals surface area contributed by atoms with Gasteiger partial charge in [-0.15, -0.1) is 0 Å². The van der Waals surface area contributed by atoms with Crippen LogP contribution in [-0.2, 0) is 4.74 Å². The van der Waals surface area contributed by atoms with Crippen molar-refractivity contribution in [3.8, 4) is 6.07 Å². The van der Waals surface area contributed by atoms with Gasteiger partial charge < -0.3 is 4.74 Å². The first-order valence-electron chi connectivity index (χ1n) is 8.60. The van der Waals surface area contributed by atoms with Crippen molar-refractivity contribution >= 4 is 0 Å². The van der Waals surface area contributed by atoms with Crippen LogP contribution in [0.25, 0.3) is 0 Å². The van der Waals surface area contributed by atoms with E-state index in [1.165, 1.54) is 44.1 Å². The molecule has 0 N–H and O–H groups in total. The highest BCUT2D eigenvalue weighted by atomic mass is 16.5. The highest BCUT2D eigenvalue weighted by Gasteiger charge is 2.22. The number of rotatable bonds is 7. The lowest BCUT2D eigenvalue weighted by atomic mass is 9.79. The number of hydrogen-bond acceptors (Lipinski definition) is 2. The largest absolute Gasteiger partial charge is 0.501 e. The first-order chi connectivity index (χ1) is 10.8. The quantitative estimate of drug-likeness (QED) is 0.488. The maximum Gasteiger partial charge on any atom is 0.0991 e. The average Bonchev–Trinajstić information content (AvgIpc) is 2.59. The summed E-state index contributed by atoms with van der Waals surface area (Å²) in [6.07, 6.45) is 12.6. The highest BCUT2D eigenvalue weighted by Crippen LogP contribution is 2.35. The number of nitriles is 1. The van der Waals surface area contributed by atoms with Gasteiger partial charge in [-0.05, 0) is 74.1 Å². The van der Waals surface area contributed by atoms with Crippen molar-refractivity contribution < 1.29 is 4.74 Å². The minimum Gasteiger partial charge on any atom is -0.501 e. The number of unbranched alkanes of at least 4 members (excludes halogenated alkanes) is 2. The molecule has 0 aliphatic heterocycles. The molecule has 1 aliphatic carbocycles. The molecule has 118 valence electrons. The summed E-state index contributed by atoms with van der Waals surface area (Å²) in [4.78, 5) is 0. The Morgan fingerprint density at radius 2 is 1.91 bits per heavy atom. The molecule has 0 radical (unpaired) electrons. The van der Waals surface area contributed by atoms with Crippen molar-refractivity contribution in [2.75, 3.05) is 6.61 Å². The predicted molar refractivity (Wildman–Crippen MR) is 90.5 cm³/mol. The minimum absolute atomic E-state index is 0.657. The van der Waals surface area contributed by atoms with Crippen molar-refractivity contribution in [1.29, 1.82) is 5.26 Å². The second-order valence-corrected chi connectivity index (χ2v) is 6.30. The van der Waals surface area contributed by atoms with Gasteiger partial charge in [0.25, 0.3) is 0 Å². The van der Waals surface area contributed by atoms with Gasteiger partial charge in [0.2, 0.25) is 0 Å². The van der Waals surface area contributed by atoms with E-state index in [0.29, 0.717) is 11.8 Å². The van der Waals surface area contributed by atoms with Gasteiger partial charge in [-0.2, -0.15) is 5.26 Å². The molecule has 1 fully saturated rings. The number of allylic oxidation sites excluding steroid dienone is 1. The van der Waals surface area contributed by atoms with Crippen LogP contribution in [0.3, 0.4) is 0 Å². The minimum atomic E-state index is 0.657. The molecular formula is C20H27NO. The van der Waals surface area contributed by atoms with Gasteiger partial charge in [0.1, 0.15) is 0 Å². The van der Waals surface area contributed by atoms with Crippen LogP contribution in [0.4, 0.5) is 0 Å². The summed E-state index contributed by atoms with van der Waals surface area (Å²) in [6, 6.07) is 10.3. The molecule has 1 aliphatic rings. The van der Waals surface area contributed by atoms with Gasteiger partial charge in [-0.3, -0.25) is 0 Å². The van der Waals surface area contributed by atoms with Gasteiger partial charge in [0, 0.05) is 0 Å². The predicted octanol–water partition coefficient (Wildman–Crippen LogP) is 5.55. The molecule has 2 nitrogen and oxygen atoms in total. The molecule has 2 heteroatoms. The van der Waals surface area contributed by atoms with E-state index in [2.05, 4.69) is 31.2 Å². The Balaban J connectivity index is 1.69. The summed E-state index contributed by atoms with van der Waals surface area (Å²) < 4.78 is 5.67. The zero-order valence-corrected chi connectivity index (χ0v) is 13.6. The van der Waals surface area contributed by atoms with E-state index in [1.807, 2.05) is 18.4 Å². The van der Waals surface area contributed by atoms with Gasteiger partial charge in [0.05, 0.1) is 24.5 Å². The summed E-state index contributed by atoms with van der Waals surface area (Å²) in [6.45, 7) is 3.07. The standard InChI is InChI=1S/C20H27NO/c1-2-3-4-5-14-22-16-18-8-12-20(13-9-18)19-10-6-17(15-21)7-11-19/h5-7,10-11,14,18,20H,2-4,8-9,12-13,16H2,1H3/b14-5+. The van der Waals surface area contributed by atoms with Crippen LogP contribution < -0.4 is 0 Å². The van der Waals surface area contributed by atoms with Crippen LogP contribution in [0.2, 0.25) is 0 Å². The van der Waals surface area contributed by atoms with Crippen molar-refractivity contribution in [2.45, 2.75) is 57.8 Å². The van der Waals surface area contributed by atoms with Crippen LogP contribution in [0.1, 0.15) is 68.9 Å². The molecule has 1 aromatic rings. The normalized spacial score (nSPS) is 21.6. The number of nitrogens with zero attached hydrogens (tertiary/aromatic N) is 1. The Hall–Kier alpha value is -1.75. The van der Waals surface area contributed by atoms with Crippen molar-refractivity contribution in [2.24, 2.45) is 5.92 Å². The molecule has 22 heavy (non-hydrogen) atoms. The van der Waals surface area contributed by atoms with E-state index in [4.69, 9.17) is 10.00 Å². The Morgan fingerprint density at radius 3 is 2.55 bits per heavy atom. The number of ether oxygens (including phenoxy) is 1. The van der Waals surface area contributed by atoms with Gasteiger partial charge in [-0.1, -0.05) is 25.5 Å². The zero-order chi connectivity index (χ0) is 15.6. The molecule has 0 saturated heterocycles. The molecule has 1 saturated carbocycles. The summed E-state index contributed by atoms with van der Waals surface area (Å²) >= 11 is 0. The first-order valence-corrected chi connectivity index (χ1v) is 8.60. The molecule has 1 aromatic carbocycles. The third-order valence-corrected chi connectivity index (χ3v) is 4.61. The van der Waals surface area contributed by atoms with E-state index >= 15 is 0 Å². The van der Waals surface area contributed by atoms with E-state index in [-0.39, 0.29) is 0 Å². The van der Waals surface area contributed by atoms with E-state index < -0.39 is 0 Å². The SMILES string of the molecule is CCCC/C=C/OCC1CCC(c2ccc(C#N)cc2)CC1. The summed E-state index contributed by atoms with van der Waals surface area (Å²) in [5.74, 6) is 1.36. The summed E-state index contributed by atoms with van der Waals surface area (Å²) in [7, 11) is 0. The van der Waals surface area contributed by atoms with Gasteiger partial charge >= 0.3 is 0 Å². The maximum atomic E-state index is 8.85. The smallest absolute Gasteiger partial charge is 0.0991 e. The third kappa shape index (κ3) is 5.22. The second-order valence-electron chi connectivity index (χ2n) is 6.30. The Labute approximate surface area is 134 Å². The molecule has 0 aromatic heterocycles. The van der Waals surface area contributed by atoms with Crippen LogP contribution in [0, 0.1) is 17.2 Å². The van der Waals surface area contributed by atoms with Crippen LogP contribution in [0.15, 0.2) is 36.6 Å². The van der Waals surface area contributed by atoms with Crippen molar-refractivity contribution in [1.82, 2.24) is 0 Å². The molecule has 0 unspecified atom stereocenters. The fourth-order valence-corrected chi connectivity index (χ4v) is 3.14. The lowest BCUT2D eigenvalue weighted by Gasteiger charge is -2.28. The van der Waals surface area contributed by atoms with E-state index in [9.17, 15) is 0 Å². The van der Waals surface area contributed by atoms with Crippen molar-refractivity contribution in [3.05, 3.63) is 47.7 Å². The number of benzene rings is 1. The average molecular weight is 297 g/mol. The molecule has 0 spiro atoms. The lowest BCUT2D eigenvalue weighted by molar-refractivity contribution is 0.159. The Kier molecular flexibility index (Phi) is 7.03. The fraction of sp³-hybridized carbons (Fsp3) is 0.550. The third-order valence-electron chi connectivity index (χ3n) is 4.61. The Bertz CT molecular complexity index is 489. The second kappa shape index (κ2) is 9.30.